The number of primary amides is 1. The predicted molar refractivity (Wildman–Crippen MR) is 81.2 cm³/mol. The molecule has 1 aromatic rings. The highest BCUT2D eigenvalue weighted by Crippen LogP contribution is 2.35. The molecule has 2 amide bonds. The zero-order valence-corrected chi connectivity index (χ0v) is 13.1. The van der Waals surface area contributed by atoms with Crippen LogP contribution in [0.2, 0.25) is 0 Å². The molecule has 22 heavy (non-hydrogen) atoms. The van der Waals surface area contributed by atoms with E-state index in [0.717, 1.165) is 0 Å². The maximum Gasteiger partial charge on any atom is 0.315 e. The maximum atomic E-state index is 13.4. The molecule has 0 aromatic heterocycles. The molecule has 0 radical (unpaired) electrons. The number of carbonyl (C=O) groups is 1. The van der Waals surface area contributed by atoms with Gasteiger partial charge in [0.05, 0.1) is 11.3 Å². The van der Waals surface area contributed by atoms with Crippen molar-refractivity contribution in [3.8, 4) is 0 Å². The maximum absolute atomic E-state index is 13.4. The molecule has 0 bridgehead atoms. The third-order valence-electron chi connectivity index (χ3n) is 4.13. The van der Waals surface area contributed by atoms with Crippen LogP contribution in [0.3, 0.4) is 0 Å². The van der Waals surface area contributed by atoms with Gasteiger partial charge in [-0.3, -0.25) is 0 Å². The van der Waals surface area contributed by atoms with E-state index in [4.69, 9.17) is 11.5 Å². The van der Waals surface area contributed by atoms with E-state index in [2.05, 4.69) is 0 Å². The fraction of sp³-hybridized carbons (Fsp3) is 0.500. The fourth-order valence-electron chi connectivity index (χ4n) is 2.96. The summed E-state index contributed by atoms with van der Waals surface area (Å²) in [5.41, 5.74) is 12.2. The Kier molecular flexibility index (Phi) is 4.72. The monoisotopic (exact) mass is 329 g/mol. The van der Waals surface area contributed by atoms with Crippen molar-refractivity contribution in [1.82, 2.24) is 4.90 Å². The number of rotatable bonds is 3. The molecule has 2 unspecified atom stereocenters. The van der Waals surface area contributed by atoms with E-state index in [0.29, 0.717) is 17.5 Å². The Bertz CT molecular complexity index is 678. The molecule has 4 N–H and O–H groups in total. The molecule has 1 heterocycles. The van der Waals surface area contributed by atoms with Crippen LogP contribution in [0.1, 0.15) is 30.0 Å². The Balaban J connectivity index is 2.44. The van der Waals surface area contributed by atoms with E-state index in [-0.39, 0.29) is 19.5 Å². The van der Waals surface area contributed by atoms with Crippen LogP contribution in [0.4, 0.5) is 9.18 Å². The highest BCUT2D eigenvalue weighted by molar-refractivity contribution is 7.91. The summed E-state index contributed by atoms with van der Waals surface area (Å²) in [4.78, 5) is 13.1. The van der Waals surface area contributed by atoms with Gasteiger partial charge in [-0.15, -0.1) is 0 Å². The first kappa shape index (κ1) is 16.7. The van der Waals surface area contributed by atoms with Crippen molar-refractivity contribution in [3.05, 3.63) is 35.1 Å². The average molecular weight is 329 g/mol. The van der Waals surface area contributed by atoms with Crippen molar-refractivity contribution in [2.24, 2.45) is 11.5 Å². The number of sulfone groups is 1. The third kappa shape index (κ3) is 3.38. The number of carbonyl (C=O) groups excluding carboxylic acids is 1. The van der Waals surface area contributed by atoms with Crippen molar-refractivity contribution in [3.63, 3.8) is 0 Å². The molecular weight excluding hydrogens is 309 g/mol. The number of amides is 2. The van der Waals surface area contributed by atoms with Crippen LogP contribution in [0.5, 0.6) is 0 Å². The number of piperidine rings is 1. The van der Waals surface area contributed by atoms with Gasteiger partial charge in [-0.05, 0) is 36.1 Å². The van der Waals surface area contributed by atoms with Crippen LogP contribution >= 0.6 is 0 Å². The molecule has 1 saturated heterocycles. The summed E-state index contributed by atoms with van der Waals surface area (Å²) in [6.45, 7) is 0.346. The zero-order valence-electron chi connectivity index (χ0n) is 12.3. The van der Waals surface area contributed by atoms with Crippen molar-refractivity contribution in [2.75, 3.05) is 12.8 Å². The van der Waals surface area contributed by atoms with Crippen LogP contribution in [0.25, 0.3) is 0 Å². The molecule has 1 fully saturated rings. The molecular formula is C14H20FN3O3S. The first-order valence-electron chi connectivity index (χ1n) is 6.97. The number of hydrogen-bond acceptors (Lipinski definition) is 4. The quantitative estimate of drug-likeness (QED) is 0.859. The molecule has 0 aliphatic carbocycles. The molecule has 1 aliphatic rings. The topological polar surface area (TPSA) is 106 Å². The second-order valence-corrected chi connectivity index (χ2v) is 7.90. The SMILES string of the molecule is CS(=O)(=O)C1CCN(C(N)=O)C(c2ccc(F)cc2CN)C1. The number of nitrogens with zero attached hydrogens (tertiary/aromatic N) is 1. The zero-order chi connectivity index (χ0) is 16.5. The molecule has 2 rings (SSSR count). The van der Waals surface area contributed by atoms with Gasteiger partial charge >= 0.3 is 6.03 Å². The molecule has 122 valence electrons. The molecule has 6 nitrogen and oxygen atoms in total. The van der Waals surface area contributed by atoms with Gasteiger partial charge in [-0.2, -0.15) is 0 Å². The van der Waals surface area contributed by atoms with E-state index in [9.17, 15) is 17.6 Å². The van der Waals surface area contributed by atoms with E-state index >= 15 is 0 Å². The number of urea groups is 1. The lowest BCUT2D eigenvalue weighted by atomic mass is 9.91. The molecule has 8 heteroatoms. The van der Waals surface area contributed by atoms with Gasteiger partial charge in [-0.1, -0.05) is 6.07 Å². The summed E-state index contributed by atoms with van der Waals surface area (Å²) in [6.07, 6.45) is 1.76. The third-order valence-corrected chi connectivity index (χ3v) is 5.77. The number of nitrogens with two attached hydrogens (primary N) is 2. The van der Waals surface area contributed by atoms with Gasteiger partial charge in [0.15, 0.2) is 0 Å². The summed E-state index contributed by atoms with van der Waals surface area (Å²) < 4.78 is 37.0. The highest BCUT2D eigenvalue weighted by atomic mass is 32.2. The Morgan fingerprint density at radius 2 is 2.14 bits per heavy atom. The second-order valence-electron chi connectivity index (χ2n) is 5.57. The van der Waals surface area contributed by atoms with Crippen molar-refractivity contribution in [2.45, 2.75) is 30.7 Å². The van der Waals surface area contributed by atoms with Gasteiger partial charge in [0.2, 0.25) is 0 Å². The van der Waals surface area contributed by atoms with Crippen molar-refractivity contribution in [1.29, 1.82) is 0 Å². The van der Waals surface area contributed by atoms with Gasteiger partial charge in [0, 0.05) is 19.3 Å². The Morgan fingerprint density at radius 3 is 2.68 bits per heavy atom. The van der Waals surface area contributed by atoms with Gasteiger partial charge in [-0.25, -0.2) is 17.6 Å². The molecule has 0 saturated carbocycles. The summed E-state index contributed by atoms with van der Waals surface area (Å²) in [5.74, 6) is -0.426. The largest absolute Gasteiger partial charge is 0.351 e. The predicted octanol–water partition coefficient (Wildman–Crippen LogP) is 0.913. The number of hydrogen-bond donors (Lipinski definition) is 2. The van der Waals surface area contributed by atoms with Crippen LogP contribution in [-0.2, 0) is 16.4 Å². The standard InChI is InChI=1S/C14H20FN3O3S/c1-22(20,21)11-4-5-18(14(17)19)13(7-11)12-3-2-10(15)6-9(12)8-16/h2-3,6,11,13H,4-5,7-8,16H2,1H3,(H2,17,19). The Hall–Kier alpha value is -1.67. The number of benzene rings is 1. The van der Waals surface area contributed by atoms with Crippen LogP contribution < -0.4 is 11.5 Å². The average Bonchev–Trinajstić information content (AvgIpc) is 2.45. The van der Waals surface area contributed by atoms with Gasteiger partial charge < -0.3 is 16.4 Å². The van der Waals surface area contributed by atoms with Crippen LogP contribution in [0, 0.1) is 5.82 Å². The van der Waals surface area contributed by atoms with E-state index < -0.39 is 33.0 Å². The van der Waals surface area contributed by atoms with E-state index in [1.165, 1.54) is 23.3 Å². The smallest absolute Gasteiger partial charge is 0.315 e. The molecule has 2 atom stereocenters. The minimum absolute atomic E-state index is 0.0970. The first-order valence-corrected chi connectivity index (χ1v) is 8.92. The van der Waals surface area contributed by atoms with Gasteiger partial charge in [0.1, 0.15) is 15.7 Å². The second kappa shape index (κ2) is 6.21. The summed E-state index contributed by atoms with van der Waals surface area (Å²) >= 11 is 0. The van der Waals surface area contributed by atoms with Crippen LogP contribution in [0.15, 0.2) is 18.2 Å². The lowest BCUT2D eigenvalue weighted by molar-refractivity contribution is 0.160. The lowest BCUT2D eigenvalue weighted by Crippen LogP contribution is -2.47. The Labute approximate surface area is 129 Å². The normalized spacial score (nSPS) is 22.6. The molecule has 1 aliphatic heterocycles. The fourth-order valence-corrected chi connectivity index (χ4v) is 4.02. The van der Waals surface area contributed by atoms with Gasteiger partial charge in [0.25, 0.3) is 0 Å². The Morgan fingerprint density at radius 1 is 1.45 bits per heavy atom. The molecule has 0 spiro atoms. The van der Waals surface area contributed by atoms with Crippen molar-refractivity contribution >= 4 is 15.9 Å². The summed E-state index contributed by atoms with van der Waals surface area (Å²) in [5, 5.41) is -0.552. The minimum Gasteiger partial charge on any atom is -0.351 e. The summed E-state index contributed by atoms with van der Waals surface area (Å²) in [6, 6.07) is 2.99. The number of likely N-dealkylation sites (tertiary alicyclic amines) is 1. The highest BCUT2D eigenvalue weighted by Gasteiger charge is 2.36. The van der Waals surface area contributed by atoms with Crippen LogP contribution in [-0.4, -0.2) is 37.4 Å². The van der Waals surface area contributed by atoms with Crippen molar-refractivity contribution < 1.29 is 17.6 Å². The van der Waals surface area contributed by atoms with E-state index in [1.54, 1.807) is 6.07 Å². The summed E-state index contributed by atoms with van der Waals surface area (Å²) in [7, 11) is -3.23. The number of halogens is 1. The van der Waals surface area contributed by atoms with E-state index in [1.807, 2.05) is 0 Å². The first-order chi connectivity index (χ1) is 10.2. The minimum atomic E-state index is -3.23. The molecule has 1 aromatic carbocycles. The lowest BCUT2D eigenvalue weighted by Gasteiger charge is -2.38.